The Morgan fingerprint density at radius 2 is 2.33 bits per heavy atom. The summed E-state index contributed by atoms with van der Waals surface area (Å²) >= 11 is 0. The molecule has 4 rings (SSSR count). The standard InChI is InChI=1S/C15H19N5O4/c21-7-13(22)12-5-9-6-19(2-3-20(9)18-12)15(23)14-10-8-24-4-1-11(10)16-17-14/h5,13,21-22H,1-4,6-8H2,(H,16,17). The van der Waals surface area contributed by atoms with Gasteiger partial charge in [0.05, 0.1) is 44.3 Å². The van der Waals surface area contributed by atoms with Gasteiger partial charge in [0.2, 0.25) is 0 Å². The zero-order valence-electron chi connectivity index (χ0n) is 13.1. The van der Waals surface area contributed by atoms with Crippen molar-refractivity contribution in [3.05, 3.63) is 34.4 Å². The minimum Gasteiger partial charge on any atom is -0.393 e. The van der Waals surface area contributed by atoms with E-state index in [1.807, 2.05) is 0 Å². The van der Waals surface area contributed by atoms with Crippen molar-refractivity contribution in [3.8, 4) is 0 Å². The molecule has 24 heavy (non-hydrogen) atoms. The first-order valence-corrected chi connectivity index (χ1v) is 7.96. The minimum atomic E-state index is -0.997. The zero-order valence-corrected chi connectivity index (χ0v) is 13.1. The monoisotopic (exact) mass is 333 g/mol. The van der Waals surface area contributed by atoms with Crippen LogP contribution in [-0.2, 0) is 30.9 Å². The van der Waals surface area contributed by atoms with Crippen molar-refractivity contribution in [2.24, 2.45) is 0 Å². The molecule has 1 atom stereocenters. The average molecular weight is 333 g/mol. The van der Waals surface area contributed by atoms with E-state index in [0.29, 0.717) is 44.2 Å². The average Bonchev–Trinajstić information content (AvgIpc) is 3.23. The van der Waals surface area contributed by atoms with Gasteiger partial charge in [0.1, 0.15) is 6.10 Å². The number of carbonyl (C=O) groups excluding carboxylic acids is 1. The summed E-state index contributed by atoms with van der Waals surface area (Å²) in [5, 5.41) is 30.1. The number of ether oxygens (including phenoxy) is 1. The van der Waals surface area contributed by atoms with E-state index in [2.05, 4.69) is 15.3 Å². The molecule has 1 unspecified atom stereocenters. The smallest absolute Gasteiger partial charge is 0.275 e. The third-order valence-electron chi connectivity index (χ3n) is 4.52. The van der Waals surface area contributed by atoms with Crippen molar-refractivity contribution < 1.29 is 19.7 Å². The maximum atomic E-state index is 12.8. The molecule has 1 amide bonds. The molecular weight excluding hydrogens is 314 g/mol. The van der Waals surface area contributed by atoms with E-state index in [-0.39, 0.29) is 12.5 Å². The van der Waals surface area contributed by atoms with Gasteiger partial charge in [-0.3, -0.25) is 14.6 Å². The predicted molar refractivity (Wildman–Crippen MR) is 81.0 cm³/mol. The van der Waals surface area contributed by atoms with Crippen molar-refractivity contribution in [3.63, 3.8) is 0 Å². The summed E-state index contributed by atoms with van der Waals surface area (Å²) < 4.78 is 7.20. The molecule has 128 valence electrons. The number of rotatable bonds is 3. The summed E-state index contributed by atoms with van der Waals surface area (Å²) in [5.74, 6) is -0.130. The molecule has 9 nitrogen and oxygen atoms in total. The van der Waals surface area contributed by atoms with Crippen LogP contribution >= 0.6 is 0 Å². The number of aliphatic hydroxyl groups excluding tert-OH is 2. The molecule has 4 heterocycles. The number of amides is 1. The molecular formula is C15H19N5O4. The highest BCUT2D eigenvalue weighted by Gasteiger charge is 2.29. The number of carbonyl (C=O) groups is 1. The van der Waals surface area contributed by atoms with Gasteiger partial charge in [-0.05, 0) is 6.07 Å². The van der Waals surface area contributed by atoms with Crippen molar-refractivity contribution in [1.29, 1.82) is 0 Å². The molecule has 2 aliphatic heterocycles. The van der Waals surface area contributed by atoms with Crippen LogP contribution in [0.1, 0.15) is 39.2 Å². The van der Waals surface area contributed by atoms with Gasteiger partial charge in [0.15, 0.2) is 5.69 Å². The molecule has 2 aliphatic rings. The number of nitrogens with zero attached hydrogens (tertiary/aromatic N) is 4. The number of hydrogen-bond donors (Lipinski definition) is 3. The van der Waals surface area contributed by atoms with Gasteiger partial charge in [-0.15, -0.1) is 0 Å². The Morgan fingerprint density at radius 1 is 1.46 bits per heavy atom. The fraction of sp³-hybridized carbons (Fsp3) is 0.533. The van der Waals surface area contributed by atoms with Crippen molar-refractivity contribution in [2.75, 3.05) is 19.8 Å². The summed E-state index contributed by atoms with van der Waals surface area (Å²) in [4.78, 5) is 14.5. The number of nitrogens with one attached hydrogen (secondary N) is 1. The minimum absolute atomic E-state index is 0.130. The van der Waals surface area contributed by atoms with E-state index in [9.17, 15) is 9.90 Å². The van der Waals surface area contributed by atoms with Crippen LogP contribution in [-0.4, -0.2) is 60.8 Å². The van der Waals surface area contributed by atoms with Crippen LogP contribution in [0.15, 0.2) is 6.07 Å². The number of aromatic nitrogens is 4. The second kappa shape index (κ2) is 6.00. The lowest BCUT2D eigenvalue weighted by molar-refractivity contribution is 0.0686. The summed E-state index contributed by atoms with van der Waals surface area (Å²) in [5.41, 5.74) is 3.50. The van der Waals surface area contributed by atoms with Crippen LogP contribution in [0, 0.1) is 0 Å². The summed E-state index contributed by atoms with van der Waals surface area (Å²) in [6.45, 7) is 2.13. The van der Waals surface area contributed by atoms with Gasteiger partial charge in [0, 0.05) is 24.2 Å². The van der Waals surface area contributed by atoms with Crippen molar-refractivity contribution in [2.45, 2.75) is 32.2 Å². The molecule has 0 spiro atoms. The molecule has 0 fully saturated rings. The normalized spacial score (nSPS) is 18.2. The van der Waals surface area contributed by atoms with Crippen molar-refractivity contribution in [1.82, 2.24) is 24.9 Å². The van der Waals surface area contributed by atoms with E-state index < -0.39 is 6.10 Å². The van der Waals surface area contributed by atoms with Crippen LogP contribution in [0.2, 0.25) is 0 Å². The van der Waals surface area contributed by atoms with Gasteiger partial charge >= 0.3 is 0 Å². The number of aliphatic hydroxyl groups is 2. The molecule has 0 aromatic carbocycles. The first-order chi connectivity index (χ1) is 11.7. The lowest BCUT2D eigenvalue weighted by atomic mass is 10.1. The lowest BCUT2D eigenvalue weighted by Crippen LogP contribution is -2.39. The second-order valence-electron chi connectivity index (χ2n) is 6.04. The van der Waals surface area contributed by atoms with Crippen molar-refractivity contribution >= 4 is 5.91 Å². The van der Waals surface area contributed by atoms with Crippen LogP contribution in [0.25, 0.3) is 0 Å². The van der Waals surface area contributed by atoms with Crippen LogP contribution in [0.3, 0.4) is 0 Å². The van der Waals surface area contributed by atoms with Crippen LogP contribution < -0.4 is 0 Å². The fourth-order valence-corrected chi connectivity index (χ4v) is 3.16. The van der Waals surface area contributed by atoms with Gasteiger partial charge in [-0.25, -0.2) is 0 Å². The molecule has 0 bridgehead atoms. The van der Waals surface area contributed by atoms with E-state index >= 15 is 0 Å². The van der Waals surface area contributed by atoms with Gasteiger partial charge < -0.3 is 19.8 Å². The molecule has 0 aliphatic carbocycles. The Balaban J connectivity index is 1.55. The molecule has 2 aromatic heterocycles. The third-order valence-corrected chi connectivity index (χ3v) is 4.52. The lowest BCUT2D eigenvalue weighted by Gasteiger charge is -2.27. The topological polar surface area (TPSA) is 117 Å². The summed E-state index contributed by atoms with van der Waals surface area (Å²) in [6, 6.07) is 1.73. The molecule has 0 saturated carbocycles. The Hall–Kier alpha value is -2.23. The number of hydrogen-bond acceptors (Lipinski definition) is 6. The first-order valence-electron chi connectivity index (χ1n) is 7.96. The predicted octanol–water partition coefficient (Wildman–Crippen LogP) is -0.639. The number of fused-ring (bicyclic) bond motifs is 2. The van der Waals surface area contributed by atoms with E-state index in [1.165, 1.54) is 0 Å². The first kappa shape index (κ1) is 15.3. The number of H-pyrrole nitrogens is 1. The highest BCUT2D eigenvalue weighted by molar-refractivity contribution is 5.94. The molecule has 0 saturated heterocycles. The second-order valence-corrected chi connectivity index (χ2v) is 6.04. The largest absolute Gasteiger partial charge is 0.393 e. The Bertz CT molecular complexity index is 768. The summed E-state index contributed by atoms with van der Waals surface area (Å²) in [7, 11) is 0. The maximum Gasteiger partial charge on any atom is 0.275 e. The number of aromatic amines is 1. The fourth-order valence-electron chi connectivity index (χ4n) is 3.16. The van der Waals surface area contributed by atoms with Crippen LogP contribution in [0.4, 0.5) is 0 Å². The highest BCUT2D eigenvalue weighted by Crippen LogP contribution is 2.23. The Morgan fingerprint density at radius 3 is 3.17 bits per heavy atom. The van der Waals surface area contributed by atoms with E-state index in [1.54, 1.807) is 15.6 Å². The Kier molecular flexibility index (Phi) is 3.83. The quantitative estimate of drug-likeness (QED) is 0.688. The van der Waals surface area contributed by atoms with Gasteiger partial charge in [-0.1, -0.05) is 0 Å². The SMILES string of the molecule is O=C(c1n[nH]c2c1COCC2)N1CCn2nc(C(O)CO)cc2C1. The Labute approximate surface area is 137 Å². The highest BCUT2D eigenvalue weighted by atomic mass is 16.5. The van der Waals surface area contributed by atoms with Crippen LogP contribution in [0.5, 0.6) is 0 Å². The molecule has 3 N–H and O–H groups in total. The van der Waals surface area contributed by atoms with Gasteiger partial charge in [-0.2, -0.15) is 10.2 Å². The van der Waals surface area contributed by atoms with E-state index in [4.69, 9.17) is 9.84 Å². The molecule has 2 aromatic rings. The molecule has 0 radical (unpaired) electrons. The van der Waals surface area contributed by atoms with E-state index in [0.717, 1.165) is 23.4 Å². The van der Waals surface area contributed by atoms with Gasteiger partial charge in [0.25, 0.3) is 5.91 Å². The maximum absolute atomic E-state index is 12.8. The third kappa shape index (κ3) is 2.50. The summed E-state index contributed by atoms with van der Waals surface area (Å²) in [6.07, 6.45) is -0.257. The molecule has 9 heteroatoms. The zero-order chi connectivity index (χ0) is 16.7.